The zero-order valence-corrected chi connectivity index (χ0v) is 22.2. The minimum Gasteiger partial charge on any atom is -0.469 e. The lowest BCUT2D eigenvalue weighted by Gasteiger charge is -2.27. The van der Waals surface area contributed by atoms with Crippen molar-refractivity contribution < 1.29 is 14.3 Å². The molecule has 5 rings (SSSR count). The fourth-order valence-electron chi connectivity index (χ4n) is 5.16. The van der Waals surface area contributed by atoms with E-state index in [2.05, 4.69) is 27.6 Å². The lowest BCUT2D eigenvalue weighted by atomic mass is 9.78. The molecule has 1 fully saturated rings. The molecule has 2 heterocycles. The third-order valence-corrected chi connectivity index (χ3v) is 8.53. The fraction of sp³-hybridized carbons (Fsp3) is 0.333. The maximum atomic E-state index is 12.8. The Morgan fingerprint density at radius 2 is 1.76 bits per heavy atom. The van der Waals surface area contributed by atoms with Crippen molar-refractivity contribution in [3.8, 4) is 11.3 Å². The number of nitrogens with one attached hydrogen (secondary N) is 1. The first-order valence-corrected chi connectivity index (χ1v) is 13.6. The summed E-state index contributed by atoms with van der Waals surface area (Å²) in [5.41, 5.74) is 7.88. The van der Waals surface area contributed by atoms with Crippen LogP contribution in [-0.2, 0) is 9.53 Å². The Hall–Kier alpha value is -3.58. The van der Waals surface area contributed by atoms with Crippen LogP contribution >= 0.6 is 11.3 Å². The monoisotopic (exact) mass is 513 g/mol. The second-order valence-electron chi connectivity index (χ2n) is 9.92. The van der Waals surface area contributed by atoms with E-state index in [1.807, 2.05) is 49.4 Å². The van der Waals surface area contributed by atoms with Gasteiger partial charge in [0.25, 0.3) is 5.91 Å². The van der Waals surface area contributed by atoms with Crippen molar-refractivity contribution in [1.82, 2.24) is 9.97 Å². The van der Waals surface area contributed by atoms with Crippen molar-refractivity contribution in [2.24, 2.45) is 5.92 Å². The van der Waals surface area contributed by atoms with Gasteiger partial charge in [-0.2, -0.15) is 0 Å². The Balaban J connectivity index is 1.31. The largest absolute Gasteiger partial charge is 0.469 e. The molecule has 0 aliphatic heterocycles. The lowest BCUT2D eigenvalue weighted by Crippen LogP contribution is -2.17. The average Bonchev–Trinajstić information content (AvgIpc) is 3.35. The molecule has 37 heavy (non-hydrogen) atoms. The van der Waals surface area contributed by atoms with Crippen molar-refractivity contribution >= 4 is 39.1 Å². The Kier molecular flexibility index (Phi) is 7.33. The molecule has 0 spiro atoms. The zero-order chi connectivity index (χ0) is 25.9. The van der Waals surface area contributed by atoms with E-state index in [0.717, 1.165) is 58.4 Å². The van der Waals surface area contributed by atoms with E-state index in [1.54, 1.807) is 17.7 Å². The Labute approximate surface area is 221 Å². The Bertz CT molecular complexity index is 1440. The highest BCUT2D eigenvalue weighted by atomic mass is 32.1. The molecule has 0 unspecified atom stereocenters. The van der Waals surface area contributed by atoms with Gasteiger partial charge in [0.2, 0.25) is 0 Å². The van der Waals surface area contributed by atoms with Gasteiger partial charge < -0.3 is 10.1 Å². The number of amides is 1. The molecule has 7 heteroatoms. The number of rotatable bonds is 6. The van der Waals surface area contributed by atoms with Crippen molar-refractivity contribution in [3.63, 3.8) is 0 Å². The molecule has 1 saturated carbocycles. The van der Waals surface area contributed by atoms with Crippen molar-refractivity contribution in [2.75, 3.05) is 12.4 Å². The number of thiophene rings is 1. The standard InChI is InChI=1S/C30H31N3O3S/c1-18-4-13-24(14-19(18)2)33-30(35)23-11-9-22(10-12-23)27-29-28(32-17-31-27)25(16-37-29)21-7-5-20(6-8-21)15-26(34)36-3/h4,9-14,16-17,20-21H,5-8,15H2,1-3H3,(H,33,35). The van der Waals surface area contributed by atoms with Crippen molar-refractivity contribution in [3.05, 3.63) is 76.4 Å². The minimum absolute atomic E-state index is 0.115. The van der Waals surface area contributed by atoms with Crippen LogP contribution in [0.5, 0.6) is 0 Å². The molecule has 2 aromatic heterocycles. The molecule has 0 atom stereocenters. The smallest absolute Gasteiger partial charge is 0.305 e. The molecule has 1 N–H and O–H groups in total. The summed E-state index contributed by atoms with van der Waals surface area (Å²) in [6.07, 6.45) is 6.31. The van der Waals surface area contributed by atoms with Crippen molar-refractivity contribution in [1.29, 1.82) is 0 Å². The van der Waals surface area contributed by atoms with E-state index in [9.17, 15) is 9.59 Å². The van der Waals surface area contributed by atoms with Gasteiger partial charge in [0.15, 0.2) is 0 Å². The summed E-state index contributed by atoms with van der Waals surface area (Å²) in [5.74, 6) is 0.603. The molecule has 2 aromatic carbocycles. The number of nitrogens with zero attached hydrogens (tertiary/aromatic N) is 2. The van der Waals surface area contributed by atoms with E-state index < -0.39 is 0 Å². The molecular weight excluding hydrogens is 482 g/mol. The number of esters is 1. The van der Waals surface area contributed by atoms with Crippen LogP contribution in [0.2, 0.25) is 0 Å². The van der Waals surface area contributed by atoms with Gasteiger partial charge in [-0.05, 0) is 97.7 Å². The summed E-state index contributed by atoms with van der Waals surface area (Å²) in [6, 6.07) is 13.5. The quantitative estimate of drug-likeness (QED) is 0.279. The van der Waals surface area contributed by atoms with Gasteiger partial charge in [0.1, 0.15) is 6.33 Å². The number of aryl methyl sites for hydroxylation is 2. The number of ether oxygens (including phenoxy) is 1. The second kappa shape index (κ2) is 10.8. The lowest BCUT2D eigenvalue weighted by molar-refractivity contribution is -0.142. The minimum atomic E-state index is -0.135. The van der Waals surface area contributed by atoms with Crippen LogP contribution in [0.25, 0.3) is 21.5 Å². The first-order chi connectivity index (χ1) is 17.9. The van der Waals surface area contributed by atoms with E-state index >= 15 is 0 Å². The maximum absolute atomic E-state index is 12.8. The third-order valence-electron chi connectivity index (χ3n) is 7.54. The molecular formula is C30H31N3O3S. The van der Waals surface area contributed by atoms with Gasteiger partial charge in [-0.25, -0.2) is 9.97 Å². The van der Waals surface area contributed by atoms with E-state index in [1.165, 1.54) is 18.2 Å². The van der Waals surface area contributed by atoms with Gasteiger partial charge in [-0.3, -0.25) is 9.59 Å². The predicted octanol–water partition coefficient (Wildman–Crippen LogP) is 7.06. The maximum Gasteiger partial charge on any atom is 0.305 e. The van der Waals surface area contributed by atoms with Crippen LogP contribution < -0.4 is 5.32 Å². The molecule has 1 amide bonds. The highest BCUT2D eigenvalue weighted by Gasteiger charge is 2.27. The molecule has 0 bridgehead atoms. The zero-order valence-electron chi connectivity index (χ0n) is 21.4. The number of fused-ring (bicyclic) bond motifs is 1. The number of methoxy groups -OCH3 is 1. The highest BCUT2D eigenvalue weighted by Crippen LogP contribution is 2.42. The van der Waals surface area contributed by atoms with Gasteiger partial charge in [0.05, 0.1) is 23.0 Å². The van der Waals surface area contributed by atoms with Crippen LogP contribution in [-0.4, -0.2) is 29.0 Å². The van der Waals surface area contributed by atoms with Crippen LogP contribution in [0.3, 0.4) is 0 Å². The van der Waals surface area contributed by atoms with Crippen LogP contribution in [0, 0.1) is 19.8 Å². The summed E-state index contributed by atoms with van der Waals surface area (Å²) >= 11 is 1.68. The molecule has 4 aromatic rings. The van der Waals surface area contributed by atoms with Gasteiger partial charge in [-0.1, -0.05) is 18.2 Å². The first kappa shape index (κ1) is 25.1. The van der Waals surface area contributed by atoms with E-state index in [-0.39, 0.29) is 11.9 Å². The van der Waals surface area contributed by atoms with Crippen LogP contribution in [0.15, 0.2) is 54.2 Å². The number of carbonyl (C=O) groups excluding carboxylic acids is 2. The fourth-order valence-corrected chi connectivity index (χ4v) is 6.28. The van der Waals surface area contributed by atoms with Gasteiger partial charge in [-0.15, -0.1) is 11.3 Å². The third kappa shape index (κ3) is 5.42. The highest BCUT2D eigenvalue weighted by molar-refractivity contribution is 7.17. The summed E-state index contributed by atoms with van der Waals surface area (Å²) in [7, 11) is 1.46. The summed E-state index contributed by atoms with van der Waals surface area (Å²) in [6.45, 7) is 4.09. The number of hydrogen-bond donors (Lipinski definition) is 1. The molecule has 1 aliphatic carbocycles. The van der Waals surface area contributed by atoms with Crippen LogP contribution in [0.4, 0.5) is 5.69 Å². The summed E-state index contributed by atoms with van der Waals surface area (Å²) in [4.78, 5) is 33.7. The van der Waals surface area contributed by atoms with Gasteiger partial charge >= 0.3 is 5.97 Å². The van der Waals surface area contributed by atoms with Crippen molar-refractivity contribution in [2.45, 2.75) is 51.9 Å². The summed E-state index contributed by atoms with van der Waals surface area (Å²) < 4.78 is 5.91. The number of hydrogen-bond acceptors (Lipinski definition) is 6. The predicted molar refractivity (Wildman–Crippen MR) is 148 cm³/mol. The molecule has 0 saturated heterocycles. The van der Waals surface area contributed by atoms with E-state index in [0.29, 0.717) is 23.8 Å². The molecule has 190 valence electrons. The molecule has 6 nitrogen and oxygen atoms in total. The molecule has 1 aliphatic rings. The number of benzene rings is 2. The first-order valence-electron chi connectivity index (χ1n) is 12.7. The van der Waals surface area contributed by atoms with Crippen LogP contribution in [0.1, 0.15) is 65.1 Å². The topological polar surface area (TPSA) is 81.2 Å². The second-order valence-corrected chi connectivity index (χ2v) is 10.8. The Morgan fingerprint density at radius 3 is 2.46 bits per heavy atom. The summed E-state index contributed by atoms with van der Waals surface area (Å²) in [5, 5.41) is 5.21. The average molecular weight is 514 g/mol. The van der Waals surface area contributed by atoms with Gasteiger partial charge in [0, 0.05) is 23.2 Å². The normalized spacial score (nSPS) is 17.5. The molecule has 0 radical (unpaired) electrons. The SMILES string of the molecule is COC(=O)CC1CCC(c2csc3c(-c4ccc(C(=O)Nc5ccc(C)c(C)c5)cc4)ncnc23)CC1. The van der Waals surface area contributed by atoms with E-state index in [4.69, 9.17) is 4.74 Å². The number of aromatic nitrogens is 2. The Morgan fingerprint density at radius 1 is 1.00 bits per heavy atom. The number of anilines is 1. The number of carbonyl (C=O) groups is 2.